The summed E-state index contributed by atoms with van der Waals surface area (Å²) in [6.07, 6.45) is 0.900. The quantitative estimate of drug-likeness (QED) is 0.863. The molecule has 2 heterocycles. The predicted octanol–water partition coefficient (Wildman–Crippen LogP) is 2.77. The summed E-state index contributed by atoms with van der Waals surface area (Å²) >= 11 is 6.07. The molecule has 6 nitrogen and oxygen atoms in total. The van der Waals surface area contributed by atoms with E-state index in [4.69, 9.17) is 11.6 Å². The normalized spacial score (nSPS) is 14.6. The fourth-order valence-electron chi connectivity index (χ4n) is 2.68. The van der Waals surface area contributed by atoms with Gasteiger partial charge in [-0.25, -0.2) is 4.98 Å². The van der Waals surface area contributed by atoms with Gasteiger partial charge in [0.1, 0.15) is 5.82 Å². The Balaban J connectivity index is 1.81. The number of anilines is 3. The highest BCUT2D eigenvalue weighted by molar-refractivity contribution is 6.30. The van der Waals surface area contributed by atoms with Crippen LogP contribution in [0.25, 0.3) is 0 Å². The molecule has 24 heavy (non-hydrogen) atoms. The van der Waals surface area contributed by atoms with Crippen LogP contribution >= 0.6 is 11.6 Å². The van der Waals surface area contributed by atoms with Crippen molar-refractivity contribution >= 4 is 35.5 Å². The number of aryl methyl sites for hydroxylation is 2. The summed E-state index contributed by atoms with van der Waals surface area (Å²) in [5.41, 5.74) is 2.86. The number of halogens is 1. The standard InChI is InChI=1S/C17H20ClN5O/c1-12-3-4-14(18)10-15(12)20-17-19-13(2)9-16(21-17)23-7-5-22(11-24)6-8-23/h3-4,9-11H,5-8H2,1-2H3,(H,19,20,21). The summed E-state index contributed by atoms with van der Waals surface area (Å²) in [6.45, 7) is 6.91. The van der Waals surface area contributed by atoms with E-state index in [0.717, 1.165) is 42.3 Å². The third-order valence-corrected chi connectivity index (χ3v) is 4.31. The third kappa shape index (κ3) is 3.76. The number of rotatable bonds is 4. The number of nitrogens with one attached hydrogen (secondary N) is 1. The van der Waals surface area contributed by atoms with Gasteiger partial charge >= 0.3 is 0 Å². The van der Waals surface area contributed by atoms with E-state index >= 15 is 0 Å². The van der Waals surface area contributed by atoms with Gasteiger partial charge in [-0.2, -0.15) is 4.98 Å². The van der Waals surface area contributed by atoms with Crippen LogP contribution < -0.4 is 10.2 Å². The van der Waals surface area contributed by atoms with Crippen LogP contribution in [0.1, 0.15) is 11.3 Å². The number of benzene rings is 1. The Morgan fingerprint density at radius 2 is 1.88 bits per heavy atom. The van der Waals surface area contributed by atoms with Gasteiger partial charge in [0.2, 0.25) is 12.4 Å². The number of carbonyl (C=O) groups excluding carboxylic acids is 1. The van der Waals surface area contributed by atoms with E-state index in [9.17, 15) is 4.79 Å². The minimum Gasteiger partial charge on any atom is -0.353 e. The van der Waals surface area contributed by atoms with Crippen LogP contribution in [0.4, 0.5) is 17.5 Å². The molecular formula is C17H20ClN5O. The molecule has 1 N–H and O–H groups in total. The van der Waals surface area contributed by atoms with Crippen LogP contribution in [0.2, 0.25) is 5.02 Å². The lowest BCUT2D eigenvalue weighted by Crippen LogP contribution is -2.46. The van der Waals surface area contributed by atoms with Crippen molar-refractivity contribution in [1.82, 2.24) is 14.9 Å². The first-order valence-corrected chi connectivity index (χ1v) is 8.26. The molecule has 0 aliphatic carbocycles. The first-order valence-electron chi connectivity index (χ1n) is 7.88. The summed E-state index contributed by atoms with van der Waals surface area (Å²) in [4.78, 5) is 23.9. The van der Waals surface area contributed by atoms with E-state index < -0.39 is 0 Å². The zero-order valence-electron chi connectivity index (χ0n) is 13.8. The average molecular weight is 346 g/mol. The van der Waals surface area contributed by atoms with Gasteiger partial charge in [-0.05, 0) is 31.5 Å². The Kier molecular flexibility index (Phi) is 4.85. The van der Waals surface area contributed by atoms with Gasteiger partial charge in [-0.15, -0.1) is 0 Å². The van der Waals surface area contributed by atoms with Crippen molar-refractivity contribution in [2.45, 2.75) is 13.8 Å². The molecule has 2 aromatic rings. The number of amides is 1. The second kappa shape index (κ2) is 7.05. The Morgan fingerprint density at radius 1 is 1.12 bits per heavy atom. The molecule has 1 aromatic carbocycles. The Morgan fingerprint density at radius 3 is 2.58 bits per heavy atom. The Hall–Kier alpha value is -2.34. The molecule has 126 valence electrons. The second-order valence-corrected chi connectivity index (χ2v) is 6.34. The molecule has 1 aliphatic rings. The molecule has 7 heteroatoms. The second-order valence-electron chi connectivity index (χ2n) is 5.90. The minimum absolute atomic E-state index is 0.549. The van der Waals surface area contributed by atoms with Crippen molar-refractivity contribution in [3.63, 3.8) is 0 Å². The number of nitrogens with zero attached hydrogens (tertiary/aromatic N) is 4. The molecule has 0 saturated carbocycles. The average Bonchev–Trinajstić information content (AvgIpc) is 2.58. The lowest BCUT2D eigenvalue weighted by atomic mass is 10.2. The zero-order valence-corrected chi connectivity index (χ0v) is 14.5. The monoisotopic (exact) mass is 345 g/mol. The lowest BCUT2D eigenvalue weighted by molar-refractivity contribution is -0.118. The molecule has 0 unspecified atom stereocenters. The number of piperazine rings is 1. The summed E-state index contributed by atoms with van der Waals surface area (Å²) in [7, 11) is 0. The van der Waals surface area contributed by atoms with Crippen LogP contribution in [0.3, 0.4) is 0 Å². The van der Waals surface area contributed by atoms with Gasteiger partial charge in [-0.3, -0.25) is 4.79 Å². The summed E-state index contributed by atoms with van der Waals surface area (Å²) in [5, 5.41) is 3.92. The minimum atomic E-state index is 0.549. The zero-order chi connectivity index (χ0) is 17.1. The van der Waals surface area contributed by atoms with Crippen LogP contribution in [-0.2, 0) is 4.79 Å². The first kappa shape index (κ1) is 16.5. The van der Waals surface area contributed by atoms with E-state index in [-0.39, 0.29) is 0 Å². The van der Waals surface area contributed by atoms with Gasteiger partial charge in [0.05, 0.1) is 0 Å². The van der Waals surface area contributed by atoms with Crippen molar-refractivity contribution in [3.8, 4) is 0 Å². The van der Waals surface area contributed by atoms with E-state index in [1.165, 1.54) is 0 Å². The molecule has 1 fully saturated rings. The number of aromatic nitrogens is 2. The van der Waals surface area contributed by atoms with E-state index in [1.807, 2.05) is 38.1 Å². The van der Waals surface area contributed by atoms with E-state index in [1.54, 1.807) is 4.90 Å². The summed E-state index contributed by atoms with van der Waals surface area (Å²) in [6, 6.07) is 7.65. The first-order chi connectivity index (χ1) is 11.5. The topological polar surface area (TPSA) is 61.4 Å². The smallest absolute Gasteiger partial charge is 0.229 e. The third-order valence-electron chi connectivity index (χ3n) is 4.07. The molecule has 1 aliphatic heterocycles. The van der Waals surface area contributed by atoms with Gasteiger partial charge in [0, 0.05) is 48.6 Å². The number of carbonyl (C=O) groups is 1. The maximum absolute atomic E-state index is 10.8. The molecule has 1 aromatic heterocycles. The Labute approximate surface area is 146 Å². The van der Waals surface area contributed by atoms with Crippen molar-refractivity contribution < 1.29 is 4.79 Å². The van der Waals surface area contributed by atoms with Crippen LogP contribution in [0.15, 0.2) is 24.3 Å². The molecular weight excluding hydrogens is 326 g/mol. The molecule has 0 spiro atoms. The van der Waals surface area contributed by atoms with Gasteiger partial charge in [0.25, 0.3) is 0 Å². The predicted molar refractivity (Wildman–Crippen MR) is 96.1 cm³/mol. The number of hydrogen-bond donors (Lipinski definition) is 1. The van der Waals surface area contributed by atoms with E-state index in [2.05, 4.69) is 20.2 Å². The maximum atomic E-state index is 10.8. The molecule has 0 bridgehead atoms. The fourth-order valence-corrected chi connectivity index (χ4v) is 2.85. The SMILES string of the molecule is Cc1cc(N2CCN(C=O)CC2)nc(Nc2cc(Cl)ccc2C)n1. The van der Waals surface area contributed by atoms with E-state index in [0.29, 0.717) is 24.1 Å². The van der Waals surface area contributed by atoms with Gasteiger partial charge in [-0.1, -0.05) is 17.7 Å². The highest BCUT2D eigenvalue weighted by Gasteiger charge is 2.18. The Bertz CT molecular complexity index is 744. The van der Waals surface area contributed by atoms with Gasteiger partial charge in [0.15, 0.2) is 0 Å². The highest BCUT2D eigenvalue weighted by atomic mass is 35.5. The van der Waals surface area contributed by atoms with Crippen molar-refractivity contribution in [2.24, 2.45) is 0 Å². The van der Waals surface area contributed by atoms with Crippen LogP contribution in [0, 0.1) is 13.8 Å². The molecule has 1 amide bonds. The molecule has 0 atom stereocenters. The van der Waals surface area contributed by atoms with Crippen molar-refractivity contribution in [2.75, 3.05) is 36.4 Å². The summed E-state index contributed by atoms with van der Waals surface area (Å²) < 4.78 is 0. The molecule has 3 rings (SSSR count). The van der Waals surface area contributed by atoms with Crippen LogP contribution in [-0.4, -0.2) is 47.5 Å². The largest absolute Gasteiger partial charge is 0.353 e. The lowest BCUT2D eigenvalue weighted by Gasteiger charge is -2.33. The highest BCUT2D eigenvalue weighted by Crippen LogP contribution is 2.24. The van der Waals surface area contributed by atoms with Crippen LogP contribution in [0.5, 0.6) is 0 Å². The fraction of sp³-hybridized carbons (Fsp3) is 0.353. The van der Waals surface area contributed by atoms with Gasteiger partial charge < -0.3 is 15.1 Å². The molecule has 0 radical (unpaired) electrons. The molecule has 1 saturated heterocycles. The summed E-state index contributed by atoms with van der Waals surface area (Å²) in [5.74, 6) is 1.42. The van der Waals surface area contributed by atoms with Crippen molar-refractivity contribution in [1.29, 1.82) is 0 Å². The van der Waals surface area contributed by atoms with Crippen molar-refractivity contribution in [3.05, 3.63) is 40.5 Å². The maximum Gasteiger partial charge on any atom is 0.229 e. The number of hydrogen-bond acceptors (Lipinski definition) is 5.